The maximum absolute atomic E-state index is 4.13. The number of hydrogen-bond donors (Lipinski definition) is 0. The van der Waals surface area contributed by atoms with E-state index in [-0.39, 0.29) is 21.1 Å². The molecule has 7 heavy (non-hydrogen) atoms. The second-order valence-electron chi connectivity index (χ2n) is 1.09. The van der Waals surface area contributed by atoms with Gasteiger partial charge in [-0.2, -0.15) is 0 Å². The molecule has 0 aliphatic carbocycles. The molecule has 0 N–H and O–H groups in total. The zero-order chi connectivity index (χ0) is 5.11. The average Bonchev–Trinajstić information content (AvgIpc) is 2.14. The van der Waals surface area contributed by atoms with E-state index in [1.54, 1.807) is 11.3 Å². The summed E-state index contributed by atoms with van der Waals surface area (Å²) in [5.41, 5.74) is 0. The van der Waals surface area contributed by atoms with Crippen molar-refractivity contribution in [2.45, 2.75) is 4.94 Å². The number of hydrogen-bond acceptors (Lipinski definition) is 2. The number of aromatic nitrogens is 1. The van der Waals surface area contributed by atoms with Gasteiger partial charge in [-0.3, -0.25) is 0 Å². The van der Waals surface area contributed by atoms with Gasteiger partial charge in [0.05, 0.1) is 0 Å². The van der Waals surface area contributed by atoms with Gasteiger partial charge in [-0.25, -0.2) is 0 Å². The summed E-state index contributed by atoms with van der Waals surface area (Å²) >= 11 is 1.60. The Morgan fingerprint density at radius 2 is 2.71 bits per heavy atom. The predicted molar refractivity (Wildman–Crippen MR) is 33.4 cm³/mol. The fraction of sp³-hybridized carbons (Fsp3) is 0.250. The van der Waals surface area contributed by atoms with Crippen LogP contribution in [0.4, 0.5) is 0 Å². The molecule has 1 nitrogen and oxygen atoms in total. The van der Waals surface area contributed by atoms with E-state index in [1.165, 1.54) is 3.02 Å². The first kappa shape index (κ1) is 5.56. The van der Waals surface area contributed by atoms with Crippen LogP contribution < -0.4 is 3.02 Å². The molecule has 0 aromatic carbocycles. The third-order valence-electron chi connectivity index (χ3n) is 0.646. The number of nitrogens with zero attached hydrogens (tertiary/aromatic N) is 1. The van der Waals surface area contributed by atoms with Gasteiger partial charge in [0.1, 0.15) is 0 Å². The zero-order valence-electron chi connectivity index (χ0n) is 4.01. The summed E-state index contributed by atoms with van der Waals surface area (Å²) in [6, 6.07) is 0. The van der Waals surface area contributed by atoms with Crippen LogP contribution in [-0.2, 0) is 0 Å². The fourth-order valence-electron chi connectivity index (χ4n) is 0.347. The van der Waals surface area contributed by atoms with Crippen molar-refractivity contribution in [2.75, 3.05) is 0 Å². The molecule has 0 aliphatic heterocycles. The number of thiazole rings is 1. The molecular weight excluding hydrogens is 213 g/mol. The van der Waals surface area contributed by atoms with Crippen LogP contribution in [-0.4, -0.2) is 26.1 Å². The quantitative estimate of drug-likeness (QED) is 0.626. The van der Waals surface area contributed by atoms with Crippen LogP contribution in [0, 0.1) is 0 Å². The van der Waals surface area contributed by atoms with E-state index in [0.717, 1.165) is 0 Å². The average molecular weight is 218 g/mol. The van der Waals surface area contributed by atoms with Crippen molar-refractivity contribution in [2.24, 2.45) is 0 Å². The molecule has 1 heterocycles. The van der Waals surface area contributed by atoms with Crippen molar-refractivity contribution in [1.82, 2.24) is 4.98 Å². The molecule has 0 aliphatic rings. The second-order valence-corrected chi connectivity index (χ2v) is 5.79. The van der Waals surface area contributed by atoms with E-state index in [2.05, 4.69) is 9.92 Å². The van der Waals surface area contributed by atoms with Crippen molar-refractivity contribution in [3.8, 4) is 0 Å². The van der Waals surface area contributed by atoms with Gasteiger partial charge in [-0.1, -0.05) is 0 Å². The Morgan fingerprint density at radius 3 is 3.00 bits per heavy atom. The topological polar surface area (TPSA) is 12.9 Å². The summed E-state index contributed by atoms with van der Waals surface area (Å²) in [6.07, 6.45) is 1.88. The summed E-state index contributed by atoms with van der Waals surface area (Å²) < 4.78 is 1.39. The van der Waals surface area contributed by atoms with Crippen molar-refractivity contribution in [3.63, 3.8) is 0 Å². The molecule has 0 saturated heterocycles. The summed E-state index contributed by atoms with van der Waals surface area (Å²) in [6.45, 7) is 0. The van der Waals surface area contributed by atoms with Gasteiger partial charge in [0.25, 0.3) is 0 Å². The zero-order valence-corrected chi connectivity index (χ0v) is 7.68. The molecule has 1 aromatic heterocycles. The van der Waals surface area contributed by atoms with Crippen LogP contribution in [0.1, 0.15) is 0 Å². The molecular formula is C4H5NSSn. The second kappa shape index (κ2) is 2.67. The fourth-order valence-corrected chi connectivity index (χ4v) is 3.01. The van der Waals surface area contributed by atoms with Crippen LogP contribution in [0.15, 0.2) is 11.6 Å². The van der Waals surface area contributed by atoms with E-state index in [4.69, 9.17) is 0 Å². The first-order valence-electron chi connectivity index (χ1n) is 2.00. The molecule has 0 atom stereocenters. The normalized spacial score (nSPS) is 9.29. The Labute approximate surface area is 57.0 Å². The summed E-state index contributed by atoms with van der Waals surface area (Å²) in [5, 5.41) is 2.04. The third kappa shape index (κ3) is 1.42. The Bertz CT molecular complexity index is 126. The first-order chi connectivity index (χ1) is 3.43. The maximum atomic E-state index is 4.13. The van der Waals surface area contributed by atoms with E-state index in [9.17, 15) is 0 Å². The molecule has 0 unspecified atom stereocenters. The first-order valence-corrected chi connectivity index (χ1v) is 7.17. The van der Waals surface area contributed by atoms with Crippen LogP contribution in [0.25, 0.3) is 0 Å². The van der Waals surface area contributed by atoms with Crippen molar-refractivity contribution >= 4 is 35.5 Å². The van der Waals surface area contributed by atoms with E-state index < -0.39 is 0 Å². The molecule has 2 radical (unpaired) electrons. The third-order valence-corrected chi connectivity index (χ3v) is 5.20. The van der Waals surface area contributed by atoms with Crippen LogP contribution in [0.5, 0.6) is 0 Å². The molecule has 1 rings (SSSR count). The Morgan fingerprint density at radius 1 is 1.86 bits per heavy atom. The Kier molecular flexibility index (Phi) is 2.12. The van der Waals surface area contributed by atoms with Crippen LogP contribution in [0.2, 0.25) is 4.94 Å². The molecule has 0 amide bonds. The Balaban J connectivity index is 2.76. The van der Waals surface area contributed by atoms with Crippen LogP contribution >= 0.6 is 11.3 Å². The molecule has 36 valence electrons. The molecule has 0 fully saturated rings. The van der Waals surface area contributed by atoms with Gasteiger partial charge >= 0.3 is 57.0 Å². The molecule has 3 heteroatoms. The van der Waals surface area contributed by atoms with Gasteiger partial charge in [-0.15, -0.1) is 0 Å². The van der Waals surface area contributed by atoms with Crippen LogP contribution in [0.3, 0.4) is 0 Å². The van der Waals surface area contributed by atoms with Gasteiger partial charge in [0.2, 0.25) is 0 Å². The summed E-state index contributed by atoms with van der Waals surface area (Å²) in [4.78, 5) is 6.41. The van der Waals surface area contributed by atoms with Gasteiger partial charge in [-0.05, 0) is 0 Å². The van der Waals surface area contributed by atoms with Gasteiger partial charge in [0.15, 0.2) is 0 Å². The summed E-state index contributed by atoms with van der Waals surface area (Å²) in [5.74, 6) is 0. The molecule has 1 aromatic rings. The molecule has 0 spiro atoms. The molecule has 0 bridgehead atoms. The standard InChI is InChI=1S/C3H2NS.CH3.Sn/c1-2-5-3-4-1;;/h1-2H;1H3;. The molecule has 0 saturated carbocycles. The van der Waals surface area contributed by atoms with Gasteiger partial charge < -0.3 is 0 Å². The van der Waals surface area contributed by atoms with Crippen molar-refractivity contribution in [3.05, 3.63) is 11.6 Å². The SMILES string of the molecule is [CH3][Sn][c]1nccs1. The van der Waals surface area contributed by atoms with Gasteiger partial charge in [0, 0.05) is 0 Å². The Hall–Kier alpha value is 0.429. The predicted octanol–water partition coefficient (Wildman–Crippen LogP) is 0.521. The van der Waals surface area contributed by atoms with E-state index in [1.807, 2.05) is 11.6 Å². The minimum absolute atomic E-state index is 0.189. The summed E-state index contributed by atoms with van der Waals surface area (Å²) in [7, 11) is 0. The van der Waals surface area contributed by atoms with E-state index >= 15 is 0 Å². The number of rotatable bonds is 1. The monoisotopic (exact) mass is 219 g/mol. The van der Waals surface area contributed by atoms with E-state index in [0.29, 0.717) is 0 Å². The van der Waals surface area contributed by atoms with Crippen molar-refractivity contribution in [1.29, 1.82) is 0 Å². The van der Waals surface area contributed by atoms with Crippen molar-refractivity contribution < 1.29 is 0 Å². The minimum atomic E-state index is -0.189.